The van der Waals surface area contributed by atoms with Gasteiger partial charge in [0.15, 0.2) is 10.6 Å². The van der Waals surface area contributed by atoms with Crippen LogP contribution in [0.25, 0.3) is 11.4 Å². The first-order valence-electron chi connectivity index (χ1n) is 11.4. The molecule has 0 saturated carbocycles. The molecule has 2 heterocycles. The van der Waals surface area contributed by atoms with Crippen molar-refractivity contribution in [3.8, 4) is 11.4 Å². The summed E-state index contributed by atoms with van der Waals surface area (Å²) in [6.45, 7) is 8.87. The molecule has 0 unspecified atom stereocenters. The number of carbonyl (C=O) groups is 2. The highest BCUT2D eigenvalue weighted by molar-refractivity contribution is 7.71. The Morgan fingerprint density at radius 1 is 0.971 bits per heavy atom. The smallest absolute Gasteiger partial charge is 0.242 e. The van der Waals surface area contributed by atoms with Crippen molar-refractivity contribution in [3.05, 3.63) is 63.9 Å². The first-order chi connectivity index (χ1) is 16.3. The van der Waals surface area contributed by atoms with E-state index < -0.39 is 0 Å². The summed E-state index contributed by atoms with van der Waals surface area (Å²) in [7, 11) is 0. The van der Waals surface area contributed by atoms with Gasteiger partial charge in [0.1, 0.15) is 6.54 Å². The van der Waals surface area contributed by atoms with Crippen LogP contribution in [0.1, 0.15) is 16.7 Å². The summed E-state index contributed by atoms with van der Waals surface area (Å²) in [5.74, 6) is 0.607. The van der Waals surface area contributed by atoms with Crippen LogP contribution >= 0.6 is 12.2 Å². The first-order valence-corrected chi connectivity index (χ1v) is 11.8. The van der Waals surface area contributed by atoms with Crippen LogP contribution in [0.15, 0.2) is 42.5 Å². The van der Waals surface area contributed by atoms with E-state index in [1.165, 1.54) is 0 Å². The number of hydrogen-bond acceptors (Lipinski definition) is 5. The van der Waals surface area contributed by atoms with E-state index in [0.717, 1.165) is 27.9 Å². The Kier molecular flexibility index (Phi) is 7.23. The van der Waals surface area contributed by atoms with Gasteiger partial charge in [0, 0.05) is 37.4 Å². The number of benzene rings is 2. The third-order valence-electron chi connectivity index (χ3n) is 6.20. The second-order valence-electron chi connectivity index (χ2n) is 8.78. The van der Waals surface area contributed by atoms with Crippen LogP contribution in [-0.4, -0.2) is 69.1 Å². The normalized spacial score (nSPS) is 14.3. The quantitative estimate of drug-likeness (QED) is 0.531. The van der Waals surface area contributed by atoms with Crippen molar-refractivity contribution < 1.29 is 9.59 Å². The van der Waals surface area contributed by atoms with Gasteiger partial charge < -0.3 is 10.2 Å². The summed E-state index contributed by atoms with van der Waals surface area (Å²) in [6.07, 6.45) is 0. The fraction of sp³-hybridized carbons (Fsp3) is 0.360. The van der Waals surface area contributed by atoms with E-state index in [1.54, 1.807) is 4.57 Å². The molecule has 4 rings (SSSR count). The maximum Gasteiger partial charge on any atom is 0.242 e. The molecule has 0 radical (unpaired) electrons. The van der Waals surface area contributed by atoms with Crippen molar-refractivity contribution in [2.24, 2.45) is 0 Å². The minimum atomic E-state index is -0.0374. The summed E-state index contributed by atoms with van der Waals surface area (Å²) >= 11 is 5.38. The van der Waals surface area contributed by atoms with E-state index in [2.05, 4.69) is 20.4 Å². The molecule has 1 saturated heterocycles. The first kappa shape index (κ1) is 23.8. The fourth-order valence-corrected chi connectivity index (χ4v) is 4.37. The number of aromatic nitrogens is 3. The second kappa shape index (κ2) is 10.3. The molecular formula is C25H30N6O2S. The summed E-state index contributed by atoms with van der Waals surface area (Å²) in [6, 6.07) is 13.9. The number of H-pyrrole nitrogens is 1. The van der Waals surface area contributed by atoms with Crippen LogP contribution in [0.5, 0.6) is 0 Å². The molecule has 0 spiro atoms. The number of amides is 2. The molecule has 9 heteroatoms. The highest BCUT2D eigenvalue weighted by Gasteiger charge is 2.24. The lowest BCUT2D eigenvalue weighted by atomic mass is 10.1. The van der Waals surface area contributed by atoms with E-state index in [-0.39, 0.29) is 18.4 Å². The van der Waals surface area contributed by atoms with Gasteiger partial charge in [0.05, 0.1) is 6.54 Å². The van der Waals surface area contributed by atoms with Crippen LogP contribution in [-0.2, 0) is 16.1 Å². The SMILES string of the molecule is Cc1ccc(-c2n[nH]c(=S)n2CC(=O)N2CCN(CC(=O)Nc3c(C)cccc3C)CC2)cc1. The minimum absolute atomic E-state index is 0.00880. The third kappa shape index (κ3) is 5.43. The van der Waals surface area contributed by atoms with Gasteiger partial charge in [-0.1, -0.05) is 48.0 Å². The van der Waals surface area contributed by atoms with Gasteiger partial charge >= 0.3 is 0 Å². The standard InChI is InChI=1S/C25H30N6O2S/c1-17-7-9-20(10-8-17)24-27-28-25(34)31(24)16-22(33)30-13-11-29(12-14-30)15-21(32)26-23-18(2)5-4-6-19(23)3/h4-10H,11-16H2,1-3H3,(H,26,32)(H,28,34). The predicted molar refractivity (Wildman–Crippen MR) is 135 cm³/mol. The molecule has 178 valence electrons. The molecule has 0 bridgehead atoms. The number of hydrogen-bond donors (Lipinski definition) is 2. The molecule has 2 N–H and O–H groups in total. The topological polar surface area (TPSA) is 86.3 Å². The van der Waals surface area contributed by atoms with Crippen molar-refractivity contribution in [2.45, 2.75) is 27.3 Å². The number of aromatic amines is 1. The van der Waals surface area contributed by atoms with Crippen LogP contribution in [0.2, 0.25) is 0 Å². The van der Waals surface area contributed by atoms with E-state index in [0.29, 0.717) is 43.3 Å². The lowest BCUT2D eigenvalue weighted by molar-refractivity contribution is -0.133. The largest absolute Gasteiger partial charge is 0.339 e. The monoisotopic (exact) mass is 478 g/mol. The van der Waals surface area contributed by atoms with Gasteiger partial charge in [-0.3, -0.25) is 24.2 Å². The Labute approximate surface area is 204 Å². The van der Waals surface area contributed by atoms with E-state index in [9.17, 15) is 9.59 Å². The van der Waals surface area contributed by atoms with Gasteiger partial charge in [-0.25, -0.2) is 0 Å². The number of nitrogens with one attached hydrogen (secondary N) is 2. The zero-order valence-corrected chi connectivity index (χ0v) is 20.6. The summed E-state index contributed by atoms with van der Waals surface area (Å²) in [5.41, 5.74) is 5.03. The van der Waals surface area contributed by atoms with Gasteiger partial charge in [-0.05, 0) is 44.1 Å². The van der Waals surface area contributed by atoms with Crippen molar-refractivity contribution in [1.82, 2.24) is 24.6 Å². The second-order valence-corrected chi connectivity index (χ2v) is 9.16. The molecule has 2 aromatic carbocycles. The van der Waals surface area contributed by atoms with Crippen LogP contribution in [0.3, 0.4) is 0 Å². The maximum absolute atomic E-state index is 13.0. The average molecular weight is 479 g/mol. The molecule has 1 aliphatic rings. The Hall–Kier alpha value is -3.30. The van der Waals surface area contributed by atoms with Crippen molar-refractivity contribution in [2.75, 3.05) is 38.0 Å². The summed E-state index contributed by atoms with van der Waals surface area (Å²) in [5, 5.41) is 10.2. The highest BCUT2D eigenvalue weighted by Crippen LogP contribution is 2.20. The van der Waals surface area contributed by atoms with Gasteiger partial charge in [0.25, 0.3) is 0 Å². The van der Waals surface area contributed by atoms with Gasteiger partial charge in [-0.2, -0.15) is 5.10 Å². The fourth-order valence-electron chi connectivity index (χ4n) is 4.17. The minimum Gasteiger partial charge on any atom is -0.339 e. The van der Waals surface area contributed by atoms with Crippen molar-refractivity contribution in [1.29, 1.82) is 0 Å². The average Bonchev–Trinajstić information content (AvgIpc) is 3.17. The van der Waals surface area contributed by atoms with Crippen LogP contribution < -0.4 is 5.32 Å². The number of piperazine rings is 1. The Balaban J connectivity index is 1.32. The lowest BCUT2D eigenvalue weighted by Gasteiger charge is -2.34. The number of anilines is 1. The third-order valence-corrected chi connectivity index (χ3v) is 6.51. The molecule has 34 heavy (non-hydrogen) atoms. The number of rotatable bonds is 6. The number of carbonyl (C=O) groups excluding carboxylic acids is 2. The van der Waals surface area contributed by atoms with E-state index in [1.807, 2.05) is 68.1 Å². The molecule has 1 aromatic heterocycles. The molecule has 2 amide bonds. The number of nitrogens with zero attached hydrogens (tertiary/aromatic N) is 4. The lowest BCUT2D eigenvalue weighted by Crippen LogP contribution is -2.51. The highest BCUT2D eigenvalue weighted by atomic mass is 32.1. The molecule has 1 fully saturated rings. The molecule has 8 nitrogen and oxygen atoms in total. The molecule has 0 aliphatic carbocycles. The van der Waals surface area contributed by atoms with E-state index >= 15 is 0 Å². The summed E-state index contributed by atoms with van der Waals surface area (Å²) < 4.78 is 2.16. The van der Waals surface area contributed by atoms with Crippen molar-refractivity contribution >= 4 is 29.7 Å². The Morgan fingerprint density at radius 3 is 2.26 bits per heavy atom. The number of para-hydroxylation sites is 1. The van der Waals surface area contributed by atoms with Crippen LogP contribution in [0, 0.1) is 25.5 Å². The zero-order valence-electron chi connectivity index (χ0n) is 19.8. The predicted octanol–water partition coefficient (Wildman–Crippen LogP) is 3.32. The zero-order chi connectivity index (χ0) is 24.2. The number of aryl methyl sites for hydroxylation is 3. The Morgan fingerprint density at radius 2 is 1.62 bits per heavy atom. The Bertz CT molecular complexity index is 1220. The molecule has 1 aliphatic heterocycles. The van der Waals surface area contributed by atoms with E-state index in [4.69, 9.17) is 12.2 Å². The van der Waals surface area contributed by atoms with Crippen LogP contribution in [0.4, 0.5) is 5.69 Å². The summed E-state index contributed by atoms with van der Waals surface area (Å²) in [4.78, 5) is 29.5. The van der Waals surface area contributed by atoms with Crippen molar-refractivity contribution in [3.63, 3.8) is 0 Å². The van der Waals surface area contributed by atoms with Gasteiger partial charge in [0.2, 0.25) is 11.8 Å². The molecular weight excluding hydrogens is 448 g/mol. The maximum atomic E-state index is 13.0. The van der Waals surface area contributed by atoms with Gasteiger partial charge in [-0.15, -0.1) is 0 Å². The molecule has 0 atom stereocenters. The molecule has 3 aromatic rings.